The standard InChI is InChI=1S/C20H22N4O4S/c1-12(2)17(20(26)22-11-13-6-5-7-14(10-13)18(21)25)23-19-15-8-3-4-9-16(15)29(27,28)24-19/h3-10,12,17H,11H2,1-2H3,(H2,21,25)(H,22,26)(H,23,24)/t17-/m0/s1. The van der Waals surface area contributed by atoms with Crippen LogP contribution in [0, 0.1) is 5.92 Å². The van der Waals surface area contributed by atoms with Gasteiger partial charge in [0.2, 0.25) is 11.8 Å². The Morgan fingerprint density at radius 3 is 2.55 bits per heavy atom. The number of sulfonamides is 1. The average Bonchev–Trinajstić information content (AvgIpc) is 2.94. The van der Waals surface area contributed by atoms with Crippen LogP contribution in [0.1, 0.15) is 35.3 Å². The first-order valence-corrected chi connectivity index (χ1v) is 10.5. The van der Waals surface area contributed by atoms with Gasteiger partial charge in [0.25, 0.3) is 10.0 Å². The van der Waals surface area contributed by atoms with Crippen molar-refractivity contribution >= 4 is 27.7 Å². The predicted molar refractivity (Wildman–Crippen MR) is 109 cm³/mol. The number of nitrogens with one attached hydrogen (secondary N) is 2. The molecule has 0 unspecified atom stereocenters. The highest BCUT2D eigenvalue weighted by molar-refractivity contribution is 7.90. The third-order valence-corrected chi connectivity index (χ3v) is 5.91. The maximum Gasteiger partial charge on any atom is 0.263 e. The average molecular weight is 414 g/mol. The maximum atomic E-state index is 12.8. The third-order valence-electron chi connectivity index (χ3n) is 4.51. The fourth-order valence-corrected chi connectivity index (χ4v) is 4.25. The first-order chi connectivity index (χ1) is 13.7. The van der Waals surface area contributed by atoms with Crippen molar-refractivity contribution in [3.05, 3.63) is 65.2 Å². The van der Waals surface area contributed by atoms with E-state index in [1.807, 2.05) is 13.8 Å². The summed E-state index contributed by atoms with van der Waals surface area (Å²) in [7, 11) is -3.68. The second-order valence-corrected chi connectivity index (χ2v) is 8.70. The number of aliphatic imine (C=N–C) groups is 1. The van der Waals surface area contributed by atoms with Crippen molar-refractivity contribution in [1.82, 2.24) is 10.0 Å². The smallest absolute Gasteiger partial charge is 0.263 e. The lowest BCUT2D eigenvalue weighted by atomic mass is 10.0. The highest BCUT2D eigenvalue weighted by Gasteiger charge is 2.32. The van der Waals surface area contributed by atoms with Gasteiger partial charge >= 0.3 is 0 Å². The van der Waals surface area contributed by atoms with Crippen LogP contribution in [0.15, 0.2) is 58.4 Å². The summed E-state index contributed by atoms with van der Waals surface area (Å²) in [5.74, 6) is -0.903. The number of carbonyl (C=O) groups is 2. The molecule has 9 heteroatoms. The second-order valence-electron chi connectivity index (χ2n) is 7.05. The number of carbonyl (C=O) groups excluding carboxylic acids is 2. The summed E-state index contributed by atoms with van der Waals surface area (Å²) in [6.07, 6.45) is 0. The predicted octanol–water partition coefficient (Wildman–Crippen LogP) is 1.16. The highest BCUT2D eigenvalue weighted by atomic mass is 32.2. The highest BCUT2D eigenvalue weighted by Crippen LogP contribution is 2.23. The molecule has 152 valence electrons. The van der Waals surface area contributed by atoms with Crippen molar-refractivity contribution in [2.24, 2.45) is 16.6 Å². The van der Waals surface area contributed by atoms with E-state index in [0.29, 0.717) is 11.1 Å². The van der Waals surface area contributed by atoms with Gasteiger partial charge in [0.1, 0.15) is 11.9 Å². The summed E-state index contributed by atoms with van der Waals surface area (Å²) in [4.78, 5) is 28.6. The van der Waals surface area contributed by atoms with E-state index in [1.54, 1.807) is 42.5 Å². The third kappa shape index (κ3) is 4.45. The normalized spacial score (nSPS) is 16.9. The summed E-state index contributed by atoms with van der Waals surface area (Å²) < 4.78 is 26.9. The van der Waals surface area contributed by atoms with Crippen molar-refractivity contribution in [3.63, 3.8) is 0 Å². The molecule has 2 aromatic rings. The lowest BCUT2D eigenvalue weighted by Gasteiger charge is -2.17. The van der Waals surface area contributed by atoms with Crippen molar-refractivity contribution in [2.75, 3.05) is 0 Å². The summed E-state index contributed by atoms with van der Waals surface area (Å²) in [6, 6.07) is 12.4. The van der Waals surface area contributed by atoms with E-state index in [-0.39, 0.29) is 29.1 Å². The quantitative estimate of drug-likeness (QED) is 0.655. The number of benzene rings is 2. The van der Waals surface area contributed by atoms with Crippen LogP contribution in [0.5, 0.6) is 0 Å². The SMILES string of the molecule is CC(C)[C@H](N=C1NS(=O)(=O)c2ccccc21)C(=O)NCc1cccc(C(N)=O)c1. The van der Waals surface area contributed by atoms with E-state index in [9.17, 15) is 18.0 Å². The molecular formula is C20H22N4O4S. The van der Waals surface area contributed by atoms with E-state index in [2.05, 4.69) is 15.0 Å². The van der Waals surface area contributed by atoms with Crippen LogP contribution in [-0.2, 0) is 21.4 Å². The summed E-state index contributed by atoms with van der Waals surface area (Å²) in [5, 5.41) is 2.79. The Bertz CT molecular complexity index is 1090. The Labute approximate surface area is 169 Å². The molecule has 2 amide bonds. The molecule has 0 saturated heterocycles. The molecule has 2 aromatic carbocycles. The Morgan fingerprint density at radius 2 is 1.86 bits per heavy atom. The van der Waals surface area contributed by atoms with Gasteiger partial charge in [0, 0.05) is 17.7 Å². The molecule has 0 radical (unpaired) electrons. The van der Waals surface area contributed by atoms with Gasteiger partial charge in [-0.15, -0.1) is 0 Å². The van der Waals surface area contributed by atoms with Crippen LogP contribution in [-0.4, -0.2) is 32.1 Å². The molecule has 0 saturated carbocycles. The Morgan fingerprint density at radius 1 is 1.14 bits per heavy atom. The van der Waals surface area contributed by atoms with E-state index in [1.165, 1.54) is 6.07 Å². The number of fused-ring (bicyclic) bond motifs is 1. The largest absolute Gasteiger partial charge is 0.366 e. The van der Waals surface area contributed by atoms with E-state index in [0.717, 1.165) is 5.56 Å². The Hall–Kier alpha value is -3.20. The zero-order valence-corrected chi connectivity index (χ0v) is 16.9. The van der Waals surface area contributed by atoms with Gasteiger partial charge in [-0.05, 0) is 35.7 Å². The molecule has 8 nitrogen and oxygen atoms in total. The van der Waals surface area contributed by atoms with Crippen LogP contribution >= 0.6 is 0 Å². The molecule has 0 fully saturated rings. The number of rotatable bonds is 6. The lowest BCUT2D eigenvalue weighted by molar-refractivity contribution is -0.123. The molecule has 0 aliphatic carbocycles. The molecule has 1 aliphatic rings. The Balaban J connectivity index is 1.80. The number of hydrogen-bond acceptors (Lipinski definition) is 5. The van der Waals surface area contributed by atoms with Crippen molar-refractivity contribution in [3.8, 4) is 0 Å². The molecule has 1 aliphatic heterocycles. The van der Waals surface area contributed by atoms with E-state index < -0.39 is 22.0 Å². The maximum absolute atomic E-state index is 12.8. The molecule has 1 atom stereocenters. The summed E-state index contributed by atoms with van der Waals surface area (Å²) in [6.45, 7) is 3.85. The fourth-order valence-electron chi connectivity index (χ4n) is 3.01. The summed E-state index contributed by atoms with van der Waals surface area (Å²) >= 11 is 0. The second kappa shape index (κ2) is 8.04. The first-order valence-electron chi connectivity index (χ1n) is 9.05. The molecule has 0 aromatic heterocycles. The first kappa shape index (κ1) is 20.5. The van der Waals surface area contributed by atoms with Gasteiger partial charge in [-0.1, -0.05) is 38.1 Å². The van der Waals surface area contributed by atoms with Crippen LogP contribution in [0.3, 0.4) is 0 Å². The number of nitrogens with two attached hydrogens (primary N) is 1. The number of amidine groups is 1. The van der Waals surface area contributed by atoms with Crippen molar-refractivity contribution in [1.29, 1.82) is 0 Å². The van der Waals surface area contributed by atoms with Gasteiger partial charge < -0.3 is 11.1 Å². The number of amides is 2. The molecule has 29 heavy (non-hydrogen) atoms. The van der Waals surface area contributed by atoms with Gasteiger partial charge in [-0.25, -0.2) is 8.42 Å². The van der Waals surface area contributed by atoms with Crippen LogP contribution in [0.25, 0.3) is 0 Å². The van der Waals surface area contributed by atoms with Crippen molar-refractivity contribution < 1.29 is 18.0 Å². The van der Waals surface area contributed by atoms with Crippen LogP contribution in [0.2, 0.25) is 0 Å². The number of primary amides is 1. The van der Waals surface area contributed by atoms with Gasteiger partial charge in [-0.2, -0.15) is 0 Å². The zero-order valence-electron chi connectivity index (χ0n) is 16.0. The molecular weight excluding hydrogens is 392 g/mol. The lowest BCUT2D eigenvalue weighted by Crippen LogP contribution is -2.38. The van der Waals surface area contributed by atoms with Crippen LogP contribution in [0.4, 0.5) is 0 Å². The topological polar surface area (TPSA) is 131 Å². The zero-order chi connectivity index (χ0) is 21.2. The number of hydrogen-bond donors (Lipinski definition) is 3. The van der Waals surface area contributed by atoms with Gasteiger partial charge in [0.15, 0.2) is 0 Å². The molecule has 3 rings (SSSR count). The minimum Gasteiger partial charge on any atom is -0.366 e. The van der Waals surface area contributed by atoms with Gasteiger partial charge in [0.05, 0.1) is 4.90 Å². The van der Waals surface area contributed by atoms with E-state index >= 15 is 0 Å². The van der Waals surface area contributed by atoms with Crippen LogP contribution < -0.4 is 15.8 Å². The minimum atomic E-state index is -3.68. The summed E-state index contributed by atoms with van der Waals surface area (Å²) in [5.41, 5.74) is 6.80. The van der Waals surface area contributed by atoms with E-state index in [4.69, 9.17) is 5.73 Å². The van der Waals surface area contributed by atoms with Crippen molar-refractivity contribution in [2.45, 2.75) is 31.3 Å². The monoisotopic (exact) mass is 414 g/mol. The molecule has 4 N–H and O–H groups in total. The fraction of sp³-hybridized carbons (Fsp3) is 0.250. The Kier molecular flexibility index (Phi) is 5.69. The molecule has 1 heterocycles. The van der Waals surface area contributed by atoms with Gasteiger partial charge in [-0.3, -0.25) is 19.3 Å². The molecule has 0 spiro atoms. The molecule has 0 bridgehead atoms. The minimum absolute atomic E-state index is 0.143. The number of nitrogens with zero attached hydrogens (tertiary/aromatic N) is 1.